The molecule has 1 aromatic rings. The molecule has 1 heteroatoms. The number of benzene rings is 1. The Morgan fingerprint density at radius 2 is 1.75 bits per heavy atom. The van der Waals surface area contributed by atoms with Crippen LogP contribution in [-0.4, -0.2) is 5.78 Å². The van der Waals surface area contributed by atoms with Crippen LogP contribution in [0.25, 0.3) is 0 Å². The molecule has 1 aromatic carbocycles. The van der Waals surface area contributed by atoms with Crippen molar-refractivity contribution in [1.82, 2.24) is 0 Å². The fourth-order valence-electron chi connectivity index (χ4n) is 2.87. The molecule has 1 saturated carbocycles. The molecule has 2 rings (SSSR count). The molecule has 1 aliphatic carbocycles. The van der Waals surface area contributed by atoms with E-state index in [4.69, 9.17) is 0 Å². The van der Waals surface area contributed by atoms with Gasteiger partial charge in [0.25, 0.3) is 0 Å². The Balaban J connectivity index is 2.26. The zero-order valence-electron chi connectivity index (χ0n) is 10.4. The van der Waals surface area contributed by atoms with Gasteiger partial charge in [-0.05, 0) is 44.7 Å². The lowest BCUT2D eigenvalue weighted by molar-refractivity contribution is 0.0897. The molecule has 1 nitrogen and oxygen atoms in total. The van der Waals surface area contributed by atoms with Crippen molar-refractivity contribution in [3.05, 3.63) is 34.9 Å². The number of aryl methyl sites for hydroxylation is 2. The molecule has 0 saturated heterocycles. The van der Waals surface area contributed by atoms with E-state index >= 15 is 0 Å². The Labute approximate surface area is 97.9 Å². The first-order valence-corrected chi connectivity index (χ1v) is 6.20. The molecule has 0 bridgehead atoms. The second-order valence-electron chi connectivity index (χ2n) is 5.26. The highest BCUT2D eigenvalue weighted by molar-refractivity contribution is 5.98. The van der Waals surface area contributed by atoms with Gasteiger partial charge in [0, 0.05) is 11.5 Å². The normalized spacial score (nSPS) is 24.7. The SMILES string of the molecule is Cc1cc(C)cc(C(=O)C2CCCC2C)c1. The number of rotatable bonds is 2. The molecule has 0 aliphatic heterocycles. The molecule has 1 fully saturated rings. The van der Waals surface area contributed by atoms with E-state index in [1.165, 1.54) is 24.0 Å². The Morgan fingerprint density at radius 1 is 1.12 bits per heavy atom. The Kier molecular flexibility index (Phi) is 3.13. The van der Waals surface area contributed by atoms with Crippen LogP contribution >= 0.6 is 0 Å². The van der Waals surface area contributed by atoms with Gasteiger partial charge in [-0.15, -0.1) is 0 Å². The molecule has 86 valence electrons. The maximum absolute atomic E-state index is 12.4. The molecule has 2 unspecified atom stereocenters. The summed E-state index contributed by atoms with van der Waals surface area (Å²) in [5.74, 6) is 1.19. The van der Waals surface area contributed by atoms with Gasteiger partial charge in [-0.2, -0.15) is 0 Å². The van der Waals surface area contributed by atoms with Gasteiger partial charge in [-0.3, -0.25) is 4.79 Å². The van der Waals surface area contributed by atoms with Crippen molar-refractivity contribution in [2.24, 2.45) is 11.8 Å². The second-order valence-corrected chi connectivity index (χ2v) is 5.26. The highest BCUT2D eigenvalue weighted by Crippen LogP contribution is 2.33. The number of carbonyl (C=O) groups is 1. The summed E-state index contributed by atoms with van der Waals surface area (Å²) < 4.78 is 0. The van der Waals surface area contributed by atoms with E-state index in [0.717, 1.165) is 12.0 Å². The van der Waals surface area contributed by atoms with Gasteiger partial charge in [0.05, 0.1) is 0 Å². The third-order valence-electron chi connectivity index (χ3n) is 3.70. The van der Waals surface area contributed by atoms with Gasteiger partial charge in [0.15, 0.2) is 5.78 Å². The summed E-state index contributed by atoms with van der Waals surface area (Å²) in [5.41, 5.74) is 3.29. The van der Waals surface area contributed by atoms with Gasteiger partial charge in [-0.1, -0.05) is 30.5 Å². The molecule has 0 spiro atoms. The summed E-state index contributed by atoms with van der Waals surface area (Å²) in [5, 5.41) is 0. The minimum atomic E-state index is 0.265. The fourth-order valence-corrected chi connectivity index (χ4v) is 2.87. The fraction of sp³-hybridized carbons (Fsp3) is 0.533. The number of hydrogen-bond donors (Lipinski definition) is 0. The van der Waals surface area contributed by atoms with E-state index in [2.05, 4.69) is 26.8 Å². The Bertz CT molecular complexity index is 386. The second kappa shape index (κ2) is 4.40. The first kappa shape index (κ1) is 11.4. The molecule has 0 radical (unpaired) electrons. The predicted molar refractivity (Wildman–Crippen MR) is 66.8 cm³/mol. The third kappa shape index (κ3) is 2.18. The minimum absolute atomic E-state index is 0.265. The van der Waals surface area contributed by atoms with Crippen LogP contribution in [0, 0.1) is 25.7 Å². The summed E-state index contributed by atoms with van der Waals surface area (Å²) in [6.45, 7) is 6.32. The Hall–Kier alpha value is -1.11. The van der Waals surface area contributed by atoms with Gasteiger partial charge < -0.3 is 0 Å². The summed E-state index contributed by atoms with van der Waals surface area (Å²) in [4.78, 5) is 12.4. The highest BCUT2D eigenvalue weighted by Gasteiger charge is 2.30. The van der Waals surface area contributed by atoms with Gasteiger partial charge >= 0.3 is 0 Å². The smallest absolute Gasteiger partial charge is 0.166 e. The van der Waals surface area contributed by atoms with Crippen molar-refractivity contribution in [2.45, 2.75) is 40.0 Å². The quantitative estimate of drug-likeness (QED) is 0.685. The third-order valence-corrected chi connectivity index (χ3v) is 3.70. The standard InChI is InChI=1S/C15H20O/c1-10-7-11(2)9-13(8-10)15(16)14-6-4-5-12(14)3/h7-9,12,14H,4-6H2,1-3H3. The van der Waals surface area contributed by atoms with E-state index < -0.39 is 0 Å². The van der Waals surface area contributed by atoms with Gasteiger partial charge in [0.1, 0.15) is 0 Å². The maximum atomic E-state index is 12.4. The molecular weight excluding hydrogens is 196 g/mol. The molecule has 16 heavy (non-hydrogen) atoms. The largest absolute Gasteiger partial charge is 0.294 e. The number of carbonyl (C=O) groups excluding carboxylic acids is 1. The average molecular weight is 216 g/mol. The van der Waals surface area contributed by atoms with Crippen LogP contribution in [0.3, 0.4) is 0 Å². The summed E-state index contributed by atoms with van der Waals surface area (Å²) in [7, 11) is 0. The zero-order valence-corrected chi connectivity index (χ0v) is 10.4. The number of Topliss-reactive ketones (excluding diaryl/α,β-unsaturated/α-hetero) is 1. The summed E-state index contributed by atoms with van der Waals surface area (Å²) in [6.07, 6.45) is 3.50. The molecule has 0 amide bonds. The van der Waals surface area contributed by atoms with Crippen molar-refractivity contribution in [2.75, 3.05) is 0 Å². The van der Waals surface area contributed by atoms with E-state index in [-0.39, 0.29) is 5.92 Å². The first-order valence-electron chi connectivity index (χ1n) is 6.20. The molecular formula is C15H20O. The van der Waals surface area contributed by atoms with E-state index in [9.17, 15) is 4.79 Å². The van der Waals surface area contributed by atoms with Crippen molar-refractivity contribution >= 4 is 5.78 Å². The van der Waals surface area contributed by atoms with Crippen molar-refractivity contribution in [1.29, 1.82) is 0 Å². The van der Waals surface area contributed by atoms with Gasteiger partial charge in [-0.25, -0.2) is 0 Å². The predicted octanol–water partition coefficient (Wildman–Crippen LogP) is 3.92. The zero-order chi connectivity index (χ0) is 11.7. The molecule has 2 atom stereocenters. The summed E-state index contributed by atoms with van der Waals surface area (Å²) in [6, 6.07) is 6.18. The van der Waals surface area contributed by atoms with Crippen molar-refractivity contribution < 1.29 is 4.79 Å². The molecule has 1 aliphatic rings. The minimum Gasteiger partial charge on any atom is -0.294 e. The van der Waals surface area contributed by atoms with Crippen LogP contribution in [0.1, 0.15) is 47.7 Å². The Morgan fingerprint density at radius 3 is 2.25 bits per heavy atom. The lowest BCUT2D eigenvalue weighted by Crippen LogP contribution is -2.17. The molecule has 0 heterocycles. The van der Waals surface area contributed by atoms with E-state index in [1.54, 1.807) is 0 Å². The molecule has 0 N–H and O–H groups in total. The number of hydrogen-bond acceptors (Lipinski definition) is 1. The summed E-state index contributed by atoms with van der Waals surface area (Å²) >= 11 is 0. The highest BCUT2D eigenvalue weighted by atomic mass is 16.1. The van der Waals surface area contributed by atoms with Crippen molar-refractivity contribution in [3.8, 4) is 0 Å². The first-order chi connectivity index (χ1) is 7.58. The monoisotopic (exact) mass is 216 g/mol. The lowest BCUT2D eigenvalue weighted by Gasteiger charge is -2.14. The van der Waals surface area contributed by atoms with Crippen LogP contribution in [-0.2, 0) is 0 Å². The maximum Gasteiger partial charge on any atom is 0.166 e. The average Bonchev–Trinajstić information content (AvgIpc) is 2.62. The van der Waals surface area contributed by atoms with Crippen LogP contribution in [0.4, 0.5) is 0 Å². The van der Waals surface area contributed by atoms with E-state index in [0.29, 0.717) is 11.7 Å². The number of ketones is 1. The topological polar surface area (TPSA) is 17.1 Å². The van der Waals surface area contributed by atoms with Crippen molar-refractivity contribution in [3.63, 3.8) is 0 Å². The van der Waals surface area contributed by atoms with Crippen LogP contribution in [0.5, 0.6) is 0 Å². The van der Waals surface area contributed by atoms with Crippen LogP contribution in [0.15, 0.2) is 18.2 Å². The molecule has 0 aromatic heterocycles. The van der Waals surface area contributed by atoms with Crippen LogP contribution in [0.2, 0.25) is 0 Å². The van der Waals surface area contributed by atoms with Gasteiger partial charge in [0.2, 0.25) is 0 Å². The van der Waals surface area contributed by atoms with Crippen LogP contribution < -0.4 is 0 Å². The lowest BCUT2D eigenvalue weighted by atomic mass is 9.88. The van der Waals surface area contributed by atoms with E-state index in [1.807, 2.05) is 12.1 Å².